The molecule has 0 saturated heterocycles. The number of rotatable bonds is 8. The minimum Gasteiger partial charge on any atom is -0.497 e. The summed E-state index contributed by atoms with van der Waals surface area (Å²) in [5.41, 5.74) is 2.61. The molecule has 2 amide bonds. The molecule has 6 heteroatoms. The predicted molar refractivity (Wildman–Crippen MR) is 105 cm³/mol. The summed E-state index contributed by atoms with van der Waals surface area (Å²) in [6, 6.07) is 12.9. The number of carbonyl (C=O) groups is 2. The van der Waals surface area contributed by atoms with Gasteiger partial charge in [0.2, 0.25) is 11.8 Å². The molecule has 0 heterocycles. The number of benzene rings is 2. The molecule has 0 saturated carbocycles. The quantitative estimate of drug-likeness (QED) is 0.746. The van der Waals surface area contributed by atoms with Crippen LogP contribution in [0.2, 0.25) is 0 Å². The standard InChI is InChI=1S/C21H26N2O4/c1-14(17-6-5-7-18(12-17)23-15(2)24)22-21(25)9-8-16-10-19(26-3)13-20(11-16)27-4/h5-7,10-14H,8-9H2,1-4H3,(H,22,25)(H,23,24). The van der Waals surface area contributed by atoms with Crippen molar-refractivity contribution < 1.29 is 19.1 Å². The van der Waals surface area contributed by atoms with Crippen LogP contribution in [0.1, 0.15) is 37.4 Å². The van der Waals surface area contributed by atoms with Gasteiger partial charge in [-0.3, -0.25) is 9.59 Å². The molecule has 1 unspecified atom stereocenters. The largest absolute Gasteiger partial charge is 0.497 e. The smallest absolute Gasteiger partial charge is 0.221 e. The Morgan fingerprint density at radius 2 is 1.70 bits per heavy atom. The maximum Gasteiger partial charge on any atom is 0.221 e. The Hall–Kier alpha value is -3.02. The third-order valence-corrected chi connectivity index (χ3v) is 4.14. The van der Waals surface area contributed by atoms with Gasteiger partial charge in [-0.05, 0) is 48.7 Å². The molecule has 0 bridgehead atoms. The summed E-state index contributed by atoms with van der Waals surface area (Å²) in [6.07, 6.45) is 0.935. The molecule has 2 N–H and O–H groups in total. The molecular weight excluding hydrogens is 344 g/mol. The molecule has 2 aromatic rings. The lowest BCUT2D eigenvalue weighted by Crippen LogP contribution is -2.26. The average molecular weight is 370 g/mol. The molecule has 27 heavy (non-hydrogen) atoms. The van der Waals surface area contributed by atoms with Crippen LogP contribution in [0.15, 0.2) is 42.5 Å². The third-order valence-electron chi connectivity index (χ3n) is 4.14. The lowest BCUT2D eigenvalue weighted by atomic mass is 10.1. The lowest BCUT2D eigenvalue weighted by Gasteiger charge is -2.16. The maximum absolute atomic E-state index is 12.3. The van der Waals surface area contributed by atoms with E-state index in [1.165, 1.54) is 6.92 Å². The monoisotopic (exact) mass is 370 g/mol. The number of carbonyl (C=O) groups excluding carboxylic acids is 2. The van der Waals surface area contributed by atoms with Gasteiger partial charge >= 0.3 is 0 Å². The van der Waals surface area contributed by atoms with Crippen molar-refractivity contribution in [2.24, 2.45) is 0 Å². The van der Waals surface area contributed by atoms with Gasteiger partial charge in [-0.1, -0.05) is 12.1 Å². The van der Waals surface area contributed by atoms with E-state index in [1.54, 1.807) is 20.3 Å². The molecular formula is C21H26N2O4. The van der Waals surface area contributed by atoms with Gasteiger partial charge < -0.3 is 20.1 Å². The van der Waals surface area contributed by atoms with Crippen molar-refractivity contribution in [2.45, 2.75) is 32.7 Å². The second-order valence-electron chi connectivity index (χ2n) is 6.32. The van der Waals surface area contributed by atoms with Crippen LogP contribution in [0.3, 0.4) is 0 Å². The number of methoxy groups -OCH3 is 2. The van der Waals surface area contributed by atoms with Gasteiger partial charge in [0.25, 0.3) is 0 Å². The molecule has 0 radical (unpaired) electrons. The van der Waals surface area contributed by atoms with Crippen molar-refractivity contribution in [2.75, 3.05) is 19.5 Å². The van der Waals surface area contributed by atoms with Crippen LogP contribution < -0.4 is 20.1 Å². The molecule has 2 rings (SSSR count). The van der Waals surface area contributed by atoms with E-state index in [0.717, 1.165) is 11.1 Å². The molecule has 0 fully saturated rings. The van der Waals surface area contributed by atoms with E-state index in [-0.39, 0.29) is 17.9 Å². The van der Waals surface area contributed by atoms with E-state index in [0.29, 0.717) is 30.0 Å². The van der Waals surface area contributed by atoms with E-state index >= 15 is 0 Å². The lowest BCUT2D eigenvalue weighted by molar-refractivity contribution is -0.121. The van der Waals surface area contributed by atoms with Crippen LogP contribution >= 0.6 is 0 Å². The minimum atomic E-state index is -0.161. The molecule has 0 aliphatic heterocycles. The van der Waals surface area contributed by atoms with Crippen molar-refractivity contribution >= 4 is 17.5 Å². The highest BCUT2D eigenvalue weighted by Crippen LogP contribution is 2.23. The molecule has 6 nitrogen and oxygen atoms in total. The van der Waals surface area contributed by atoms with E-state index in [1.807, 2.05) is 43.3 Å². The van der Waals surface area contributed by atoms with Crippen LogP contribution in [0.5, 0.6) is 11.5 Å². The van der Waals surface area contributed by atoms with Crippen molar-refractivity contribution in [3.05, 3.63) is 53.6 Å². The highest BCUT2D eigenvalue weighted by molar-refractivity contribution is 5.88. The number of amides is 2. The van der Waals surface area contributed by atoms with Crippen LogP contribution in [0, 0.1) is 0 Å². The van der Waals surface area contributed by atoms with E-state index < -0.39 is 0 Å². The summed E-state index contributed by atoms with van der Waals surface area (Å²) in [5.74, 6) is 1.23. The second-order valence-corrected chi connectivity index (χ2v) is 6.32. The first-order valence-electron chi connectivity index (χ1n) is 8.80. The number of hydrogen-bond donors (Lipinski definition) is 2. The van der Waals surface area contributed by atoms with Gasteiger partial charge in [0.1, 0.15) is 11.5 Å². The van der Waals surface area contributed by atoms with Gasteiger partial charge in [-0.25, -0.2) is 0 Å². The SMILES string of the molecule is COc1cc(CCC(=O)NC(C)c2cccc(NC(C)=O)c2)cc(OC)c1. The van der Waals surface area contributed by atoms with Crippen molar-refractivity contribution in [1.29, 1.82) is 0 Å². The fourth-order valence-electron chi connectivity index (χ4n) is 2.75. The fraction of sp³-hybridized carbons (Fsp3) is 0.333. The van der Waals surface area contributed by atoms with Gasteiger partial charge in [0.15, 0.2) is 0 Å². The van der Waals surface area contributed by atoms with Crippen molar-refractivity contribution in [3.63, 3.8) is 0 Å². The number of nitrogens with one attached hydrogen (secondary N) is 2. The second kappa shape index (κ2) is 9.62. The molecule has 1 atom stereocenters. The Labute approximate surface area is 159 Å². The zero-order chi connectivity index (χ0) is 19.8. The van der Waals surface area contributed by atoms with Crippen molar-refractivity contribution in [1.82, 2.24) is 5.32 Å². The molecule has 2 aromatic carbocycles. The summed E-state index contributed by atoms with van der Waals surface area (Å²) >= 11 is 0. The predicted octanol–water partition coefficient (Wildman–Crippen LogP) is 3.47. The van der Waals surface area contributed by atoms with Crippen LogP contribution in [0.25, 0.3) is 0 Å². The number of ether oxygens (including phenoxy) is 2. The Morgan fingerprint density at radius 1 is 1.04 bits per heavy atom. The Kier molecular flexibility index (Phi) is 7.23. The van der Waals surface area contributed by atoms with E-state index in [2.05, 4.69) is 10.6 Å². The zero-order valence-corrected chi connectivity index (χ0v) is 16.2. The number of anilines is 1. The summed E-state index contributed by atoms with van der Waals surface area (Å²) in [5, 5.41) is 5.74. The zero-order valence-electron chi connectivity index (χ0n) is 16.2. The molecule has 0 aromatic heterocycles. The van der Waals surface area contributed by atoms with E-state index in [4.69, 9.17) is 9.47 Å². The molecule has 0 spiro atoms. The fourth-order valence-corrected chi connectivity index (χ4v) is 2.75. The normalized spacial score (nSPS) is 11.4. The van der Waals surface area contributed by atoms with Gasteiger partial charge in [0.05, 0.1) is 20.3 Å². The first-order chi connectivity index (χ1) is 12.9. The number of hydrogen-bond acceptors (Lipinski definition) is 4. The van der Waals surface area contributed by atoms with Crippen LogP contribution in [0.4, 0.5) is 5.69 Å². The summed E-state index contributed by atoms with van der Waals surface area (Å²) in [4.78, 5) is 23.5. The van der Waals surface area contributed by atoms with E-state index in [9.17, 15) is 9.59 Å². The Morgan fingerprint density at radius 3 is 2.30 bits per heavy atom. The molecule has 0 aliphatic carbocycles. The van der Waals surface area contributed by atoms with Gasteiger partial charge in [0, 0.05) is 25.1 Å². The van der Waals surface area contributed by atoms with Gasteiger partial charge in [-0.2, -0.15) is 0 Å². The van der Waals surface area contributed by atoms with Crippen LogP contribution in [-0.4, -0.2) is 26.0 Å². The highest BCUT2D eigenvalue weighted by Gasteiger charge is 2.11. The average Bonchev–Trinajstić information content (AvgIpc) is 2.65. The molecule has 0 aliphatic rings. The maximum atomic E-state index is 12.3. The van der Waals surface area contributed by atoms with Crippen molar-refractivity contribution in [3.8, 4) is 11.5 Å². The van der Waals surface area contributed by atoms with Crippen LogP contribution in [-0.2, 0) is 16.0 Å². The topological polar surface area (TPSA) is 76.7 Å². The number of aryl methyl sites for hydroxylation is 1. The summed E-state index contributed by atoms with van der Waals surface area (Å²) < 4.78 is 10.5. The first kappa shape index (κ1) is 20.3. The minimum absolute atomic E-state index is 0.0470. The first-order valence-corrected chi connectivity index (χ1v) is 8.80. The van der Waals surface area contributed by atoms with Gasteiger partial charge in [-0.15, -0.1) is 0 Å². The summed E-state index contributed by atoms with van der Waals surface area (Å²) in [7, 11) is 3.20. The Balaban J connectivity index is 1.94. The molecule has 144 valence electrons. The highest BCUT2D eigenvalue weighted by atomic mass is 16.5. The summed E-state index contributed by atoms with van der Waals surface area (Å²) in [6.45, 7) is 3.38. The third kappa shape index (κ3) is 6.33. The Bertz CT molecular complexity index is 782.